The highest BCUT2D eigenvalue weighted by molar-refractivity contribution is 6.30. The molecule has 0 fully saturated rings. The van der Waals surface area contributed by atoms with Crippen molar-refractivity contribution in [2.24, 2.45) is 5.92 Å². The van der Waals surface area contributed by atoms with Crippen molar-refractivity contribution < 1.29 is 9.53 Å². The van der Waals surface area contributed by atoms with E-state index in [0.717, 1.165) is 22.7 Å². The number of anilines is 1. The van der Waals surface area contributed by atoms with Gasteiger partial charge in [-0.15, -0.1) is 0 Å². The monoisotopic (exact) mass is 319 g/mol. The molecule has 22 heavy (non-hydrogen) atoms. The Kier molecular flexibility index (Phi) is 3.72. The summed E-state index contributed by atoms with van der Waals surface area (Å²) in [6.45, 7) is 7.72. The molecule has 0 bridgehead atoms. The highest BCUT2D eigenvalue weighted by Gasteiger charge is 2.42. The number of ether oxygens (including phenoxy) is 1. The number of aryl methyl sites for hydroxylation is 1. The molecule has 1 N–H and O–H groups in total. The Hall–Kier alpha value is -1.48. The zero-order valence-electron chi connectivity index (χ0n) is 13.4. The van der Waals surface area contributed by atoms with Gasteiger partial charge in [-0.05, 0) is 57.4 Å². The molecule has 0 radical (unpaired) electrons. The van der Waals surface area contributed by atoms with Crippen molar-refractivity contribution in [2.75, 3.05) is 5.32 Å². The molecule has 0 saturated carbocycles. The van der Waals surface area contributed by atoms with Crippen molar-refractivity contribution in [3.8, 4) is 0 Å². The van der Waals surface area contributed by atoms with Crippen LogP contribution in [0.5, 0.6) is 0 Å². The Morgan fingerprint density at radius 1 is 1.36 bits per heavy atom. The zero-order valence-corrected chi connectivity index (χ0v) is 14.2. The van der Waals surface area contributed by atoms with Crippen molar-refractivity contribution in [3.05, 3.63) is 40.4 Å². The molecular weight excluding hydrogens is 298 g/mol. The van der Waals surface area contributed by atoms with E-state index >= 15 is 0 Å². The molecule has 0 aromatic heterocycles. The molecule has 3 nitrogen and oxygen atoms in total. The number of carbonyl (C=O) groups is 1. The van der Waals surface area contributed by atoms with Gasteiger partial charge in [0.15, 0.2) is 0 Å². The Morgan fingerprint density at radius 2 is 2.09 bits per heavy atom. The van der Waals surface area contributed by atoms with Gasteiger partial charge in [-0.3, -0.25) is 0 Å². The van der Waals surface area contributed by atoms with Crippen LogP contribution in [0.15, 0.2) is 24.3 Å². The Balaban J connectivity index is 1.98. The third-order valence-electron chi connectivity index (χ3n) is 4.29. The second kappa shape index (κ2) is 5.31. The van der Waals surface area contributed by atoms with E-state index in [0.29, 0.717) is 0 Å². The number of fused-ring (bicyclic) bond motifs is 3. The highest BCUT2D eigenvalue weighted by Crippen LogP contribution is 2.46. The summed E-state index contributed by atoms with van der Waals surface area (Å²) in [5.41, 5.74) is 2.79. The lowest BCUT2D eigenvalue weighted by Gasteiger charge is -2.37. The van der Waals surface area contributed by atoms with Gasteiger partial charge < -0.3 is 10.1 Å². The molecular formula is C18H22ClNO2. The van der Waals surface area contributed by atoms with E-state index in [2.05, 4.69) is 17.5 Å². The van der Waals surface area contributed by atoms with Gasteiger partial charge in [-0.2, -0.15) is 0 Å². The van der Waals surface area contributed by atoms with E-state index in [-0.39, 0.29) is 23.8 Å². The van der Waals surface area contributed by atoms with Crippen LogP contribution in [-0.2, 0) is 9.53 Å². The molecule has 0 saturated heterocycles. The van der Waals surface area contributed by atoms with Crippen LogP contribution in [0.4, 0.5) is 5.69 Å². The number of allylic oxidation sites excluding steroid dienone is 2. The van der Waals surface area contributed by atoms with Crippen LogP contribution >= 0.6 is 11.6 Å². The maximum atomic E-state index is 12.6. The van der Waals surface area contributed by atoms with Crippen molar-refractivity contribution in [3.63, 3.8) is 0 Å². The lowest BCUT2D eigenvalue weighted by molar-refractivity contribution is -0.157. The normalized spacial score (nSPS) is 26.1. The molecule has 1 aliphatic heterocycles. The lowest BCUT2D eigenvalue weighted by atomic mass is 9.78. The number of hydrogen-bond donors (Lipinski definition) is 1. The van der Waals surface area contributed by atoms with Crippen LogP contribution < -0.4 is 5.32 Å². The molecule has 1 aromatic carbocycles. The number of carbonyl (C=O) groups excluding carboxylic acids is 1. The van der Waals surface area contributed by atoms with Gasteiger partial charge in [0.2, 0.25) is 0 Å². The van der Waals surface area contributed by atoms with Crippen LogP contribution in [-0.4, -0.2) is 17.6 Å². The number of benzene rings is 1. The zero-order chi connectivity index (χ0) is 16.1. The number of esters is 1. The smallest absolute Gasteiger partial charge is 0.329 e. The average Bonchev–Trinajstić information content (AvgIpc) is 2.85. The first-order chi connectivity index (χ1) is 10.3. The van der Waals surface area contributed by atoms with Gasteiger partial charge in [0.25, 0.3) is 0 Å². The number of nitrogens with one attached hydrogen (secondary N) is 1. The summed E-state index contributed by atoms with van der Waals surface area (Å²) in [7, 11) is 0. The summed E-state index contributed by atoms with van der Waals surface area (Å²) >= 11 is 6.21. The van der Waals surface area contributed by atoms with E-state index in [1.165, 1.54) is 5.56 Å². The second-order valence-corrected chi connectivity index (χ2v) is 7.63. The fraction of sp³-hybridized carbons (Fsp3) is 0.500. The second-order valence-electron chi connectivity index (χ2n) is 7.20. The molecule has 1 heterocycles. The van der Waals surface area contributed by atoms with Gasteiger partial charge in [0, 0.05) is 22.5 Å². The van der Waals surface area contributed by atoms with Crippen molar-refractivity contribution in [1.82, 2.24) is 0 Å². The quantitative estimate of drug-likeness (QED) is 0.614. The van der Waals surface area contributed by atoms with E-state index in [1.54, 1.807) is 0 Å². The molecule has 1 aromatic rings. The molecule has 3 rings (SSSR count). The van der Waals surface area contributed by atoms with E-state index in [9.17, 15) is 4.79 Å². The Bertz CT molecular complexity index is 645. The molecule has 0 amide bonds. The fourth-order valence-corrected chi connectivity index (χ4v) is 3.72. The molecule has 1 aliphatic carbocycles. The minimum Gasteiger partial charge on any atom is -0.458 e. The van der Waals surface area contributed by atoms with Gasteiger partial charge >= 0.3 is 5.97 Å². The predicted molar refractivity (Wildman–Crippen MR) is 89.4 cm³/mol. The van der Waals surface area contributed by atoms with Crippen molar-refractivity contribution in [2.45, 2.75) is 51.7 Å². The van der Waals surface area contributed by atoms with Crippen LogP contribution in [0.1, 0.15) is 44.2 Å². The molecule has 0 spiro atoms. The van der Waals surface area contributed by atoms with Crippen LogP contribution in [0.25, 0.3) is 0 Å². The summed E-state index contributed by atoms with van der Waals surface area (Å²) in [4.78, 5) is 12.6. The van der Waals surface area contributed by atoms with Gasteiger partial charge in [-0.1, -0.05) is 23.8 Å². The summed E-state index contributed by atoms with van der Waals surface area (Å²) in [5, 5.41) is 4.16. The van der Waals surface area contributed by atoms with Crippen LogP contribution in [0.2, 0.25) is 5.02 Å². The average molecular weight is 320 g/mol. The molecule has 0 unspecified atom stereocenters. The first-order valence-corrected chi connectivity index (χ1v) is 8.10. The Morgan fingerprint density at radius 3 is 2.77 bits per heavy atom. The van der Waals surface area contributed by atoms with E-state index in [1.807, 2.05) is 39.8 Å². The molecule has 118 valence electrons. The number of rotatable bonds is 1. The number of halogens is 1. The first kappa shape index (κ1) is 15.4. The predicted octanol–water partition coefficient (Wildman–Crippen LogP) is 4.44. The third-order valence-corrected chi connectivity index (χ3v) is 4.51. The Labute approximate surface area is 136 Å². The first-order valence-electron chi connectivity index (χ1n) is 7.72. The molecule has 2 aliphatic rings. The minimum atomic E-state index is -0.477. The maximum Gasteiger partial charge on any atom is 0.329 e. The van der Waals surface area contributed by atoms with Crippen molar-refractivity contribution in [1.29, 1.82) is 0 Å². The van der Waals surface area contributed by atoms with Gasteiger partial charge in [0.05, 0.1) is 0 Å². The number of hydrogen-bond acceptors (Lipinski definition) is 3. The van der Waals surface area contributed by atoms with Gasteiger partial charge in [0.1, 0.15) is 11.6 Å². The SMILES string of the molecule is Cc1cc(Cl)cc2c1N[C@H](C(=O)OC(C)(C)C)[C@@H]1CC=C[C@H]21. The maximum absolute atomic E-state index is 12.6. The summed E-state index contributed by atoms with van der Waals surface area (Å²) in [5.74, 6) is 0.248. The summed E-state index contributed by atoms with van der Waals surface area (Å²) in [6.07, 6.45) is 5.23. The third kappa shape index (κ3) is 2.74. The van der Waals surface area contributed by atoms with E-state index < -0.39 is 5.60 Å². The molecule has 3 atom stereocenters. The van der Waals surface area contributed by atoms with Gasteiger partial charge in [-0.25, -0.2) is 4.79 Å². The molecule has 4 heteroatoms. The lowest BCUT2D eigenvalue weighted by Crippen LogP contribution is -2.45. The minimum absolute atomic E-state index is 0.175. The topological polar surface area (TPSA) is 38.3 Å². The summed E-state index contributed by atoms with van der Waals surface area (Å²) < 4.78 is 5.61. The van der Waals surface area contributed by atoms with Crippen molar-refractivity contribution >= 4 is 23.3 Å². The summed E-state index contributed by atoms with van der Waals surface area (Å²) in [6, 6.07) is 3.63. The van der Waals surface area contributed by atoms with Crippen LogP contribution in [0, 0.1) is 12.8 Å². The largest absolute Gasteiger partial charge is 0.458 e. The van der Waals surface area contributed by atoms with Crippen LogP contribution in [0.3, 0.4) is 0 Å². The fourth-order valence-electron chi connectivity index (χ4n) is 3.44. The van der Waals surface area contributed by atoms with E-state index in [4.69, 9.17) is 16.3 Å². The highest BCUT2D eigenvalue weighted by atomic mass is 35.5. The standard InChI is InChI=1S/C18H22ClNO2/c1-10-8-11(19)9-14-12-6-5-7-13(12)16(20-15(10)14)17(21)22-18(2,3)4/h5-6,8-9,12-13,16,20H,7H2,1-4H3/t12-,13+,16-/m0/s1.